The molecule has 2 heterocycles. The van der Waals surface area contributed by atoms with Crippen LogP contribution >= 0.6 is 34.5 Å². The van der Waals surface area contributed by atoms with E-state index in [1.807, 2.05) is 12.1 Å². The molecule has 1 saturated heterocycles. The predicted molar refractivity (Wildman–Crippen MR) is 129 cm³/mol. The van der Waals surface area contributed by atoms with Crippen molar-refractivity contribution < 1.29 is 4.74 Å². The smallest absolute Gasteiger partial charge is 0.121 e. The highest BCUT2D eigenvalue weighted by Gasteiger charge is 2.22. The quantitative estimate of drug-likeness (QED) is 0.330. The van der Waals surface area contributed by atoms with Crippen LogP contribution in [0.1, 0.15) is 49.1 Å². The molecule has 0 spiro atoms. The van der Waals surface area contributed by atoms with Crippen LogP contribution in [0.15, 0.2) is 36.4 Å². The van der Waals surface area contributed by atoms with Gasteiger partial charge in [0.1, 0.15) is 5.75 Å². The zero-order chi connectivity index (χ0) is 20.9. The molecule has 30 heavy (non-hydrogen) atoms. The molecule has 0 radical (unpaired) electrons. The van der Waals surface area contributed by atoms with Crippen molar-refractivity contribution in [2.24, 2.45) is 0 Å². The first-order valence-corrected chi connectivity index (χ1v) is 12.4. The minimum atomic E-state index is 0.518. The maximum atomic E-state index is 6.41. The Balaban J connectivity index is 1.17. The normalized spacial score (nSPS) is 15.7. The number of benzene rings is 2. The molecule has 160 valence electrons. The number of halogens is 2. The number of hydrogen-bond acceptors (Lipinski definition) is 4. The average Bonchev–Trinajstić information content (AvgIpc) is 3.18. The maximum Gasteiger partial charge on any atom is 0.121 e. The van der Waals surface area contributed by atoms with Crippen LogP contribution in [-0.4, -0.2) is 36.1 Å². The topological polar surface area (TPSA) is 25.4 Å². The van der Waals surface area contributed by atoms with Crippen molar-refractivity contribution in [3.05, 3.63) is 57.0 Å². The third-order valence-electron chi connectivity index (χ3n) is 5.85. The van der Waals surface area contributed by atoms with E-state index in [4.69, 9.17) is 27.9 Å². The number of unbranched alkanes of at least 4 members (excludes halogenated alkanes) is 1. The van der Waals surface area contributed by atoms with Crippen LogP contribution in [0.2, 0.25) is 10.0 Å². The van der Waals surface area contributed by atoms with E-state index in [0.717, 1.165) is 74.6 Å². The second-order valence-corrected chi connectivity index (χ2v) is 9.81. The molecule has 0 bridgehead atoms. The van der Waals surface area contributed by atoms with Gasteiger partial charge < -0.3 is 9.64 Å². The standard InChI is InChI=1S/C24H28Cl2N2OS/c1-2-23-27-21-16-18(8-9-22(21)30-23)29-15-4-3-12-28-13-10-17(11-14-28)19-6-5-7-20(25)24(19)26/h5-9,16-17H,2-4,10-15H2,1H3. The van der Waals surface area contributed by atoms with Crippen molar-refractivity contribution in [2.75, 3.05) is 26.2 Å². The lowest BCUT2D eigenvalue weighted by molar-refractivity contribution is 0.202. The van der Waals surface area contributed by atoms with E-state index in [1.54, 1.807) is 11.3 Å². The molecule has 1 aliphatic heterocycles. The lowest BCUT2D eigenvalue weighted by Gasteiger charge is -2.32. The summed E-state index contributed by atoms with van der Waals surface area (Å²) >= 11 is 14.4. The molecule has 1 aliphatic rings. The van der Waals surface area contributed by atoms with E-state index in [2.05, 4.69) is 41.1 Å². The zero-order valence-corrected chi connectivity index (χ0v) is 19.7. The van der Waals surface area contributed by atoms with Gasteiger partial charge in [-0.25, -0.2) is 4.98 Å². The Hall–Kier alpha value is -1.33. The molecular weight excluding hydrogens is 435 g/mol. The van der Waals surface area contributed by atoms with Crippen LogP contribution < -0.4 is 4.74 Å². The van der Waals surface area contributed by atoms with Crippen molar-refractivity contribution >= 4 is 44.8 Å². The lowest BCUT2D eigenvalue weighted by atomic mass is 9.89. The van der Waals surface area contributed by atoms with Crippen molar-refractivity contribution in [2.45, 2.75) is 44.9 Å². The number of nitrogens with zero attached hydrogens (tertiary/aromatic N) is 2. The molecule has 6 heteroatoms. The average molecular weight is 463 g/mol. The number of aromatic nitrogens is 1. The van der Waals surface area contributed by atoms with E-state index in [9.17, 15) is 0 Å². The van der Waals surface area contributed by atoms with Crippen LogP contribution in [0.3, 0.4) is 0 Å². The molecule has 3 aromatic rings. The molecule has 0 aliphatic carbocycles. The fourth-order valence-electron chi connectivity index (χ4n) is 4.13. The van der Waals surface area contributed by atoms with E-state index in [0.29, 0.717) is 10.9 Å². The molecule has 4 rings (SSSR count). The number of aryl methyl sites for hydroxylation is 1. The van der Waals surface area contributed by atoms with Crippen LogP contribution in [0.25, 0.3) is 10.2 Å². The Morgan fingerprint density at radius 3 is 2.77 bits per heavy atom. The largest absolute Gasteiger partial charge is 0.494 e. The van der Waals surface area contributed by atoms with Crippen molar-refractivity contribution in [1.29, 1.82) is 0 Å². The van der Waals surface area contributed by atoms with Gasteiger partial charge in [0, 0.05) is 6.07 Å². The van der Waals surface area contributed by atoms with Crippen LogP contribution in [0, 0.1) is 0 Å². The van der Waals surface area contributed by atoms with Gasteiger partial charge in [0.2, 0.25) is 0 Å². The third kappa shape index (κ3) is 5.28. The van der Waals surface area contributed by atoms with Gasteiger partial charge in [0.05, 0.1) is 31.9 Å². The van der Waals surface area contributed by atoms with E-state index < -0.39 is 0 Å². The van der Waals surface area contributed by atoms with E-state index in [-0.39, 0.29) is 0 Å². The second kappa shape index (κ2) is 10.3. The van der Waals surface area contributed by atoms with Gasteiger partial charge in [-0.2, -0.15) is 0 Å². The lowest BCUT2D eigenvalue weighted by Crippen LogP contribution is -2.33. The fraction of sp³-hybridized carbons (Fsp3) is 0.458. The van der Waals surface area contributed by atoms with Crippen molar-refractivity contribution in [3.8, 4) is 5.75 Å². The van der Waals surface area contributed by atoms with Gasteiger partial charge >= 0.3 is 0 Å². The third-order valence-corrected chi connectivity index (χ3v) is 7.87. The Morgan fingerprint density at radius 1 is 1.13 bits per heavy atom. The molecule has 2 aromatic carbocycles. The minimum absolute atomic E-state index is 0.518. The number of hydrogen-bond donors (Lipinski definition) is 0. The molecule has 0 N–H and O–H groups in total. The molecule has 0 atom stereocenters. The molecule has 0 unspecified atom stereocenters. The highest BCUT2D eigenvalue weighted by atomic mass is 35.5. The first-order valence-electron chi connectivity index (χ1n) is 10.8. The summed E-state index contributed by atoms with van der Waals surface area (Å²) in [4.78, 5) is 7.21. The fourth-order valence-corrected chi connectivity index (χ4v) is 5.48. The van der Waals surface area contributed by atoms with Crippen LogP contribution in [-0.2, 0) is 6.42 Å². The summed E-state index contributed by atoms with van der Waals surface area (Å²) in [5.74, 6) is 1.44. The Morgan fingerprint density at radius 2 is 1.97 bits per heavy atom. The summed E-state index contributed by atoms with van der Waals surface area (Å²) in [5.41, 5.74) is 2.26. The minimum Gasteiger partial charge on any atom is -0.494 e. The number of rotatable bonds is 8. The van der Waals surface area contributed by atoms with Crippen molar-refractivity contribution in [1.82, 2.24) is 9.88 Å². The van der Waals surface area contributed by atoms with Crippen molar-refractivity contribution in [3.63, 3.8) is 0 Å². The highest BCUT2D eigenvalue weighted by molar-refractivity contribution is 7.18. The van der Waals surface area contributed by atoms with Gasteiger partial charge in [0.15, 0.2) is 0 Å². The molecule has 1 fully saturated rings. The van der Waals surface area contributed by atoms with Crippen LogP contribution in [0.5, 0.6) is 5.75 Å². The number of likely N-dealkylation sites (tertiary alicyclic amines) is 1. The Kier molecular flexibility index (Phi) is 7.53. The van der Waals surface area contributed by atoms with Gasteiger partial charge in [0.25, 0.3) is 0 Å². The van der Waals surface area contributed by atoms with E-state index in [1.165, 1.54) is 15.3 Å². The Bertz CT molecular complexity index is 982. The predicted octanol–water partition coefficient (Wildman–Crippen LogP) is 7.20. The number of ether oxygens (including phenoxy) is 1. The number of fused-ring (bicyclic) bond motifs is 1. The summed E-state index contributed by atoms with van der Waals surface area (Å²) in [6.07, 6.45) is 5.49. The molecule has 0 amide bonds. The first kappa shape index (κ1) is 21.9. The summed E-state index contributed by atoms with van der Waals surface area (Å²) in [6, 6.07) is 12.2. The van der Waals surface area contributed by atoms with E-state index >= 15 is 0 Å². The maximum absolute atomic E-state index is 6.41. The summed E-state index contributed by atoms with van der Waals surface area (Å²) in [5, 5.41) is 2.58. The zero-order valence-electron chi connectivity index (χ0n) is 17.4. The van der Waals surface area contributed by atoms with Gasteiger partial charge in [-0.15, -0.1) is 11.3 Å². The molecular formula is C24H28Cl2N2OS. The van der Waals surface area contributed by atoms with Gasteiger partial charge in [-0.05, 0) is 81.4 Å². The second-order valence-electron chi connectivity index (χ2n) is 7.91. The summed E-state index contributed by atoms with van der Waals surface area (Å²) in [6.45, 7) is 6.27. The monoisotopic (exact) mass is 462 g/mol. The SMILES string of the molecule is CCc1nc2cc(OCCCCN3CCC(c4cccc(Cl)c4Cl)CC3)ccc2s1. The number of piperidine rings is 1. The highest BCUT2D eigenvalue weighted by Crippen LogP contribution is 2.36. The van der Waals surface area contributed by atoms with Gasteiger partial charge in [-0.3, -0.25) is 0 Å². The molecule has 0 saturated carbocycles. The summed E-state index contributed by atoms with van der Waals surface area (Å²) in [7, 11) is 0. The molecule has 3 nitrogen and oxygen atoms in total. The van der Waals surface area contributed by atoms with Gasteiger partial charge in [-0.1, -0.05) is 42.3 Å². The summed E-state index contributed by atoms with van der Waals surface area (Å²) < 4.78 is 7.20. The molecule has 1 aromatic heterocycles. The number of thiazole rings is 1. The Labute approximate surface area is 193 Å². The van der Waals surface area contributed by atoms with Crippen LogP contribution in [0.4, 0.5) is 0 Å². The first-order chi connectivity index (χ1) is 14.6.